The van der Waals surface area contributed by atoms with Crippen LogP contribution in [0.2, 0.25) is 0 Å². The topological polar surface area (TPSA) is 79.5 Å². The van der Waals surface area contributed by atoms with Gasteiger partial charge < -0.3 is 16.4 Å². The summed E-state index contributed by atoms with van der Waals surface area (Å²) in [6.45, 7) is 4.04. The summed E-state index contributed by atoms with van der Waals surface area (Å²) >= 11 is 0. The molecule has 0 aliphatic heterocycles. The molecule has 0 heterocycles. The normalized spacial score (nSPS) is 16.1. The maximum atomic E-state index is 11.2. The molecule has 17 heavy (non-hydrogen) atoms. The molecule has 1 amide bonds. The Bertz CT molecular complexity index is 275. The zero-order chi connectivity index (χ0) is 11.8. The Morgan fingerprint density at radius 1 is 1.47 bits per heavy atom. The standard InChI is InChI=1S/C11H20N4O.HI/c1-2-7-13-10(16)8-14-11(12)15-9-5-3-4-6-9;/h2,9H,1,3-8H2,(H,13,16)(H3,12,14,15);1H. The van der Waals surface area contributed by atoms with Gasteiger partial charge in [-0.3, -0.25) is 4.79 Å². The maximum Gasteiger partial charge on any atom is 0.242 e. The number of amides is 1. The lowest BCUT2D eigenvalue weighted by Crippen LogP contribution is -2.39. The second kappa shape index (κ2) is 9.26. The number of hydrogen-bond acceptors (Lipinski definition) is 2. The molecule has 0 aromatic carbocycles. The van der Waals surface area contributed by atoms with Crippen LogP contribution in [-0.4, -0.2) is 31.0 Å². The van der Waals surface area contributed by atoms with Gasteiger partial charge in [-0.05, 0) is 12.8 Å². The minimum absolute atomic E-state index is 0. The molecule has 4 N–H and O–H groups in total. The average molecular weight is 352 g/mol. The molecular weight excluding hydrogens is 331 g/mol. The highest BCUT2D eigenvalue weighted by Gasteiger charge is 2.14. The van der Waals surface area contributed by atoms with Crippen LogP contribution < -0.4 is 16.4 Å². The fourth-order valence-electron chi connectivity index (χ4n) is 1.72. The molecule has 5 nitrogen and oxygen atoms in total. The third kappa shape index (κ3) is 7.19. The summed E-state index contributed by atoms with van der Waals surface area (Å²) in [4.78, 5) is 15.2. The summed E-state index contributed by atoms with van der Waals surface area (Å²) < 4.78 is 0. The highest BCUT2D eigenvalue weighted by atomic mass is 127. The first-order valence-electron chi connectivity index (χ1n) is 5.66. The predicted molar refractivity (Wildman–Crippen MR) is 80.5 cm³/mol. The molecule has 0 aromatic rings. The van der Waals surface area contributed by atoms with Crippen LogP contribution in [-0.2, 0) is 4.79 Å². The van der Waals surface area contributed by atoms with Gasteiger partial charge in [0.25, 0.3) is 0 Å². The van der Waals surface area contributed by atoms with E-state index < -0.39 is 0 Å². The lowest BCUT2D eigenvalue weighted by Gasteiger charge is -2.11. The smallest absolute Gasteiger partial charge is 0.242 e. The molecule has 0 radical (unpaired) electrons. The number of nitrogens with zero attached hydrogens (tertiary/aromatic N) is 1. The quantitative estimate of drug-likeness (QED) is 0.296. The van der Waals surface area contributed by atoms with Gasteiger partial charge in [0.15, 0.2) is 5.96 Å². The summed E-state index contributed by atoms with van der Waals surface area (Å²) in [5, 5.41) is 5.75. The van der Waals surface area contributed by atoms with Gasteiger partial charge in [-0.1, -0.05) is 18.9 Å². The summed E-state index contributed by atoms with van der Waals surface area (Å²) in [6.07, 6.45) is 6.38. The zero-order valence-corrected chi connectivity index (χ0v) is 12.3. The van der Waals surface area contributed by atoms with E-state index >= 15 is 0 Å². The highest BCUT2D eigenvalue weighted by molar-refractivity contribution is 14.0. The highest BCUT2D eigenvalue weighted by Crippen LogP contribution is 2.17. The van der Waals surface area contributed by atoms with E-state index in [4.69, 9.17) is 5.73 Å². The van der Waals surface area contributed by atoms with Gasteiger partial charge in [-0.25, -0.2) is 4.99 Å². The van der Waals surface area contributed by atoms with E-state index in [-0.39, 0.29) is 36.4 Å². The number of halogens is 1. The van der Waals surface area contributed by atoms with Gasteiger partial charge in [0.05, 0.1) is 0 Å². The van der Waals surface area contributed by atoms with Crippen molar-refractivity contribution in [1.29, 1.82) is 0 Å². The molecule has 6 heteroatoms. The molecule has 0 saturated heterocycles. The Balaban J connectivity index is 0.00000256. The summed E-state index contributed by atoms with van der Waals surface area (Å²) in [5.74, 6) is 0.219. The van der Waals surface area contributed by atoms with Crippen molar-refractivity contribution in [3.8, 4) is 0 Å². The molecule has 1 fully saturated rings. The van der Waals surface area contributed by atoms with Gasteiger partial charge in [-0.2, -0.15) is 0 Å². The number of carbonyl (C=O) groups is 1. The number of rotatable bonds is 5. The Labute approximate surface area is 119 Å². The molecule has 0 bridgehead atoms. The number of carbonyl (C=O) groups excluding carboxylic acids is 1. The van der Waals surface area contributed by atoms with Crippen LogP contribution in [0.5, 0.6) is 0 Å². The van der Waals surface area contributed by atoms with E-state index in [1.54, 1.807) is 6.08 Å². The largest absolute Gasteiger partial charge is 0.370 e. The molecule has 1 rings (SSSR count). The first kappa shape index (κ1) is 16.2. The lowest BCUT2D eigenvalue weighted by atomic mass is 10.2. The third-order valence-corrected chi connectivity index (χ3v) is 2.54. The minimum Gasteiger partial charge on any atom is -0.370 e. The van der Waals surface area contributed by atoms with E-state index in [0.717, 1.165) is 12.8 Å². The van der Waals surface area contributed by atoms with Crippen molar-refractivity contribution in [2.24, 2.45) is 10.7 Å². The van der Waals surface area contributed by atoms with Crippen molar-refractivity contribution in [3.05, 3.63) is 12.7 Å². The maximum absolute atomic E-state index is 11.2. The first-order valence-corrected chi connectivity index (χ1v) is 5.66. The zero-order valence-electron chi connectivity index (χ0n) is 9.95. The lowest BCUT2D eigenvalue weighted by molar-refractivity contribution is -0.119. The molecule has 1 aliphatic carbocycles. The SMILES string of the molecule is C=CCNC(=O)CN=C(N)NC1CCCC1.I. The summed E-state index contributed by atoms with van der Waals surface area (Å²) in [5.41, 5.74) is 5.67. The Kier molecular flexibility index (Phi) is 8.83. The first-order chi connectivity index (χ1) is 7.72. The van der Waals surface area contributed by atoms with E-state index in [9.17, 15) is 4.79 Å². The van der Waals surface area contributed by atoms with Crippen molar-refractivity contribution >= 4 is 35.8 Å². The fraction of sp³-hybridized carbons (Fsp3) is 0.636. The van der Waals surface area contributed by atoms with Crippen molar-refractivity contribution in [2.45, 2.75) is 31.7 Å². The predicted octanol–water partition coefficient (Wildman–Crippen LogP) is 0.753. The van der Waals surface area contributed by atoms with E-state index in [1.807, 2.05) is 0 Å². The van der Waals surface area contributed by atoms with Gasteiger partial charge in [0.1, 0.15) is 6.54 Å². The van der Waals surface area contributed by atoms with Crippen molar-refractivity contribution in [1.82, 2.24) is 10.6 Å². The van der Waals surface area contributed by atoms with E-state index in [1.165, 1.54) is 12.8 Å². The summed E-state index contributed by atoms with van der Waals surface area (Å²) in [7, 11) is 0. The third-order valence-electron chi connectivity index (χ3n) is 2.54. The number of aliphatic imine (C=N–C) groups is 1. The van der Waals surface area contributed by atoms with Crippen LogP contribution in [0.4, 0.5) is 0 Å². The molecule has 1 aliphatic rings. The molecule has 0 unspecified atom stereocenters. The number of guanidine groups is 1. The molecule has 1 saturated carbocycles. The second-order valence-corrected chi connectivity index (χ2v) is 3.92. The van der Waals surface area contributed by atoms with Crippen LogP contribution in [0.15, 0.2) is 17.6 Å². The molecule has 0 spiro atoms. The number of nitrogens with one attached hydrogen (secondary N) is 2. The van der Waals surface area contributed by atoms with Gasteiger partial charge in [0.2, 0.25) is 5.91 Å². The number of nitrogens with two attached hydrogens (primary N) is 1. The fourth-order valence-corrected chi connectivity index (χ4v) is 1.72. The number of hydrogen-bond donors (Lipinski definition) is 3. The van der Waals surface area contributed by atoms with Crippen LogP contribution in [0, 0.1) is 0 Å². The van der Waals surface area contributed by atoms with Crippen LogP contribution in [0.25, 0.3) is 0 Å². The van der Waals surface area contributed by atoms with Crippen molar-refractivity contribution in [2.75, 3.05) is 13.1 Å². The van der Waals surface area contributed by atoms with E-state index in [0.29, 0.717) is 18.5 Å². The second-order valence-electron chi connectivity index (χ2n) is 3.92. The Morgan fingerprint density at radius 3 is 2.71 bits per heavy atom. The Hall–Kier alpha value is -0.790. The van der Waals surface area contributed by atoms with Gasteiger partial charge in [-0.15, -0.1) is 30.6 Å². The van der Waals surface area contributed by atoms with Crippen LogP contribution in [0.1, 0.15) is 25.7 Å². The van der Waals surface area contributed by atoms with Crippen LogP contribution >= 0.6 is 24.0 Å². The molecule has 0 atom stereocenters. The minimum atomic E-state index is -0.143. The van der Waals surface area contributed by atoms with Crippen molar-refractivity contribution in [3.63, 3.8) is 0 Å². The Morgan fingerprint density at radius 2 is 2.12 bits per heavy atom. The molecule has 0 aromatic heterocycles. The van der Waals surface area contributed by atoms with E-state index in [2.05, 4.69) is 22.2 Å². The summed E-state index contributed by atoms with van der Waals surface area (Å²) in [6, 6.07) is 0.431. The van der Waals surface area contributed by atoms with Gasteiger partial charge in [0, 0.05) is 12.6 Å². The monoisotopic (exact) mass is 352 g/mol. The van der Waals surface area contributed by atoms with Crippen molar-refractivity contribution < 1.29 is 4.79 Å². The molecule has 98 valence electrons. The average Bonchev–Trinajstić information content (AvgIpc) is 2.76. The van der Waals surface area contributed by atoms with Crippen LogP contribution in [0.3, 0.4) is 0 Å². The van der Waals surface area contributed by atoms with Gasteiger partial charge >= 0.3 is 0 Å². The molecular formula is C11H21IN4O.